The third-order valence-corrected chi connectivity index (χ3v) is 7.86. The first-order chi connectivity index (χ1) is 15.7. The average Bonchev–Trinajstić information content (AvgIpc) is 3.42. The van der Waals surface area contributed by atoms with E-state index in [0.717, 1.165) is 47.8 Å². The molecular weight excluding hydrogens is 438 g/mol. The van der Waals surface area contributed by atoms with Crippen LogP contribution in [0.4, 0.5) is 10.5 Å². The number of carboxylic acid groups (broad SMARTS) is 1. The number of piperidine rings is 1. The van der Waals surface area contributed by atoms with Crippen molar-refractivity contribution in [1.29, 1.82) is 0 Å². The van der Waals surface area contributed by atoms with Crippen LogP contribution in [-0.2, 0) is 11.5 Å². The number of rotatable bonds is 8. The molecule has 10 heteroatoms. The molecule has 0 bridgehead atoms. The lowest BCUT2D eigenvalue weighted by molar-refractivity contribution is 0.0899. The third-order valence-electron chi connectivity index (χ3n) is 6.15. The number of amides is 1. The summed E-state index contributed by atoms with van der Waals surface area (Å²) in [7, 11) is -1.15. The van der Waals surface area contributed by atoms with Crippen molar-refractivity contribution in [2.24, 2.45) is 0 Å². The number of oxazole rings is 1. The van der Waals surface area contributed by atoms with Gasteiger partial charge in [0.25, 0.3) is 0 Å². The Morgan fingerprint density at radius 1 is 1.33 bits per heavy atom. The van der Waals surface area contributed by atoms with Gasteiger partial charge >= 0.3 is 6.09 Å². The molecule has 0 radical (unpaired) electrons. The van der Waals surface area contributed by atoms with Gasteiger partial charge in [-0.25, -0.2) is 14.8 Å². The number of pyridine rings is 1. The number of fused-ring (bicyclic) bond motifs is 1. The monoisotopic (exact) mass is 471 g/mol. The number of aromatic nitrogens is 3. The minimum Gasteiger partial charge on any atom is -0.465 e. The number of ether oxygens (including phenoxy) is 1. The first-order valence-electron chi connectivity index (χ1n) is 11.4. The van der Waals surface area contributed by atoms with Gasteiger partial charge in [0.05, 0.1) is 17.4 Å². The molecule has 3 aromatic rings. The van der Waals surface area contributed by atoms with E-state index in [4.69, 9.17) is 9.15 Å². The smallest absolute Gasteiger partial charge is 0.407 e. The Balaban J connectivity index is 1.61. The topological polar surface area (TPSA) is 106 Å². The van der Waals surface area contributed by atoms with Crippen molar-refractivity contribution in [2.75, 3.05) is 18.5 Å². The zero-order chi connectivity index (χ0) is 23.6. The van der Waals surface area contributed by atoms with Gasteiger partial charge < -0.3 is 29.0 Å². The molecule has 1 aliphatic rings. The van der Waals surface area contributed by atoms with Crippen LogP contribution in [0.3, 0.4) is 0 Å². The minimum atomic E-state index is -1.15. The van der Waals surface area contributed by atoms with Crippen molar-refractivity contribution in [3.63, 3.8) is 0 Å². The second kappa shape index (κ2) is 9.56. The maximum Gasteiger partial charge on any atom is 0.407 e. The Morgan fingerprint density at radius 2 is 2.15 bits per heavy atom. The fraction of sp³-hybridized carbons (Fsp3) is 0.522. The fourth-order valence-corrected chi connectivity index (χ4v) is 4.91. The highest BCUT2D eigenvalue weighted by atomic mass is 28.3. The molecule has 1 saturated heterocycles. The Hall–Kier alpha value is -2.85. The fourth-order valence-electron chi connectivity index (χ4n) is 4.15. The van der Waals surface area contributed by atoms with E-state index in [9.17, 15) is 9.90 Å². The van der Waals surface area contributed by atoms with Crippen LogP contribution in [-0.4, -0.2) is 63.9 Å². The SMILES string of the molecule is C[C@H]1CC[C@@H](Nc2c(-c3ncco3)cnc3c2ccn3COCC[Si](C)(C)C)CN1C(=O)O. The Morgan fingerprint density at radius 3 is 2.85 bits per heavy atom. The van der Waals surface area contributed by atoms with Gasteiger partial charge in [-0.1, -0.05) is 19.6 Å². The molecule has 1 amide bonds. The van der Waals surface area contributed by atoms with Gasteiger partial charge in [0, 0.05) is 51.1 Å². The minimum absolute atomic E-state index is 0.0126. The number of likely N-dealkylation sites (tertiary alicyclic amines) is 1. The summed E-state index contributed by atoms with van der Waals surface area (Å²) in [6.45, 7) is 10.6. The number of anilines is 1. The number of nitrogens with one attached hydrogen (secondary N) is 1. The van der Waals surface area contributed by atoms with Gasteiger partial charge in [0.2, 0.25) is 5.89 Å². The second-order valence-corrected chi connectivity index (χ2v) is 15.6. The molecule has 4 rings (SSSR count). The normalized spacial score (nSPS) is 19.2. The molecule has 0 spiro atoms. The molecule has 2 N–H and O–H groups in total. The van der Waals surface area contributed by atoms with Crippen LogP contribution in [0, 0.1) is 0 Å². The summed E-state index contributed by atoms with van der Waals surface area (Å²) < 4.78 is 13.5. The summed E-state index contributed by atoms with van der Waals surface area (Å²) in [6.07, 6.45) is 7.67. The van der Waals surface area contributed by atoms with E-state index in [2.05, 4.69) is 34.9 Å². The average molecular weight is 472 g/mol. The Labute approximate surface area is 194 Å². The van der Waals surface area contributed by atoms with E-state index in [1.165, 1.54) is 11.2 Å². The van der Waals surface area contributed by atoms with Crippen LogP contribution >= 0.6 is 0 Å². The molecule has 4 heterocycles. The van der Waals surface area contributed by atoms with Crippen LogP contribution in [0.25, 0.3) is 22.5 Å². The lowest BCUT2D eigenvalue weighted by atomic mass is 9.99. The van der Waals surface area contributed by atoms with Gasteiger partial charge in [0.1, 0.15) is 18.6 Å². The third kappa shape index (κ3) is 5.39. The maximum atomic E-state index is 11.7. The highest BCUT2D eigenvalue weighted by Gasteiger charge is 2.30. The van der Waals surface area contributed by atoms with E-state index >= 15 is 0 Å². The molecule has 9 nitrogen and oxygen atoms in total. The predicted molar refractivity (Wildman–Crippen MR) is 130 cm³/mol. The summed E-state index contributed by atoms with van der Waals surface area (Å²) in [5.41, 5.74) is 2.42. The molecule has 178 valence electrons. The quantitative estimate of drug-likeness (QED) is 0.354. The zero-order valence-electron chi connectivity index (χ0n) is 19.7. The van der Waals surface area contributed by atoms with Crippen molar-refractivity contribution in [3.8, 4) is 11.5 Å². The number of carbonyl (C=O) groups is 1. The lowest BCUT2D eigenvalue weighted by Gasteiger charge is -2.37. The molecule has 2 atom stereocenters. The van der Waals surface area contributed by atoms with E-state index in [1.54, 1.807) is 12.4 Å². The molecule has 3 aromatic heterocycles. The molecule has 0 aromatic carbocycles. The summed E-state index contributed by atoms with van der Waals surface area (Å²) in [5, 5.41) is 14.1. The standard InChI is InChI=1S/C23H33N5O4Si/c1-16-5-6-17(14-28(16)23(29)30)26-20-18-7-9-27(15-31-11-12-33(2,3)4)21(18)25-13-19(20)22-24-8-10-32-22/h7-10,13,16-17H,5-6,11-12,14-15H2,1-4H3,(H,25,26)(H,29,30)/t16-,17+/m0/s1. The first-order valence-corrected chi connectivity index (χ1v) is 15.2. The van der Waals surface area contributed by atoms with Crippen molar-refractivity contribution in [3.05, 3.63) is 30.9 Å². The molecule has 1 aliphatic heterocycles. The highest BCUT2D eigenvalue weighted by Crippen LogP contribution is 2.35. The van der Waals surface area contributed by atoms with E-state index in [1.807, 2.05) is 23.8 Å². The van der Waals surface area contributed by atoms with Crippen LogP contribution in [0.15, 0.2) is 35.3 Å². The molecular formula is C23H33N5O4Si. The van der Waals surface area contributed by atoms with E-state index < -0.39 is 14.2 Å². The number of hydrogen-bond donors (Lipinski definition) is 2. The van der Waals surface area contributed by atoms with Gasteiger partial charge in [-0.2, -0.15) is 0 Å². The molecule has 0 unspecified atom stereocenters. The Kier molecular flexibility index (Phi) is 6.75. The molecule has 0 aliphatic carbocycles. The van der Waals surface area contributed by atoms with Crippen LogP contribution < -0.4 is 5.32 Å². The lowest BCUT2D eigenvalue weighted by Crippen LogP contribution is -2.49. The second-order valence-electron chi connectivity index (χ2n) is 9.96. The van der Waals surface area contributed by atoms with Crippen molar-refractivity contribution in [2.45, 2.75) is 64.3 Å². The van der Waals surface area contributed by atoms with Gasteiger partial charge in [0.15, 0.2) is 0 Å². The summed E-state index contributed by atoms with van der Waals surface area (Å²) in [4.78, 5) is 22.2. The van der Waals surface area contributed by atoms with Crippen LogP contribution in [0.5, 0.6) is 0 Å². The number of nitrogens with zero attached hydrogens (tertiary/aromatic N) is 4. The van der Waals surface area contributed by atoms with Crippen LogP contribution in [0.1, 0.15) is 19.8 Å². The largest absolute Gasteiger partial charge is 0.465 e. The van der Waals surface area contributed by atoms with Crippen molar-refractivity contribution >= 4 is 30.9 Å². The molecule has 0 saturated carbocycles. The van der Waals surface area contributed by atoms with Gasteiger partial charge in [-0.05, 0) is 31.9 Å². The highest BCUT2D eigenvalue weighted by molar-refractivity contribution is 6.76. The van der Waals surface area contributed by atoms with Gasteiger partial charge in [-0.15, -0.1) is 0 Å². The zero-order valence-corrected chi connectivity index (χ0v) is 20.7. The maximum absolute atomic E-state index is 11.7. The van der Waals surface area contributed by atoms with E-state index in [0.29, 0.717) is 19.2 Å². The molecule has 33 heavy (non-hydrogen) atoms. The van der Waals surface area contributed by atoms with E-state index in [-0.39, 0.29) is 12.1 Å². The van der Waals surface area contributed by atoms with Gasteiger partial charge in [-0.3, -0.25) is 0 Å². The number of hydrogen-bond acceptors (Lipinski definition) is 6. The van der Waals surface area contributed by atoms with Crippen molar-refractivity contribution in [1.82, 2.24) is 19.4 Å². The summed E-state index contributed by atoms with van der Waals surface area (Å²) >= 11 is 0. The first kappa shape index (κ1) is 23.3. The summed E-state index contributed by atoms with van der Waals surface area (Å²) in [6, 6.07) is 3.12. The van der Waals surface area contributed by atoms with Crippen molar-refractivity contribution < 1.29 is 19.1 Å². The van der Waals surface area contributed by atoms with Crippen LogP contribution in [0.2, 0.25) is 25.7 Å². The summed E-state index contributed by atoms with van der Waals surface area (Å²) in [5.74, 6) is 0.477. The Bertz CT molecular complexity index is 1090. The molecule has 1 fully saturated rings. The predicted octanol–water partition coefficient (Wildman–Crippen LogP) is 4.95.